The van der Waals surface area contributed by atoms with Gasteiger partial charge in [-0.2, -0.15) is 0 Å². The number of hydrogen-bond acceptors (Lipinski definition) is 2. The Morgan fingerprint density at radius 2 is 1.61 bits per heavy atom. The van der Waals surface area contributed by atoms with Crippen molar-refractivity contribution < 1.29 is 4.79 Å². The van der Waals surface area contributed by atoms with Crippen molar-refractivity contribution in [1.29, 1.82) is 0 Å². The van der Waals surface area contributed by atoms with Crippen LogP contribution in [0.1, 0.15) is 47.5 Å². The van der Waals surface area contributed by atoms with Gasteiger partial charge >= 0.3 is 0 Å². The fourth-order valence-electron chi connectivity index (χ4n) is 1.47. The lowest BCUT2D eigenvalue weighted by molar-refractivity contribution is -0.131. The highest BCUT2D eigenvalue weighted by Crippen LogP contribution is 2.15. The highest BCUT2D eigenvalue weighted by atomic mass is 35.5. The molecule has 0 aromatic heterocycles. The molecule has 0 aliphatic heterocycles. The SMILES string of the molecule is CC(C)C(C)CC(=O)N(C)CCC(N)C(C)C.Cl. The molecule has 110 valence electrons. The van der Waals surface area contributed by atoms with Crippen LogP contribution < -0.4 is 5.73 Å². The summed E-state index contributed by atoms with van der Waals surface area (Å²) in [4.78, 5) is 13.7. The van der Waals surface area contributed by atoms with E-state index in [1.165, 1.54) is 0 Å². The lowest BCUT2D eigenvalue weighted by Gasteiger charge is -2.23. The molecule has 2 atom stereocenters. The van der Waals surface area contributed by atoms with Crippen LogP contribution in [0.15, 0.2) is 0 Å². The predicted molar refractivity (Wildman–Crippen MR) is 80.9 cm³/mol. The van der Waals surface area contributed by atoms with E-state index in [0.717, 1.165) is 13.0 Å². The van der Waals surface area contributed by atoms with Gasteiger partial charge in [0.1, 0.15) is 0 Å². The van der Waals surface area contributed by atoms with Crippen molar-refractivity contribution in [1.82, 2.24) is 4.90 Å². The maximum absolute atomic E-state index is 11.9. The van der Waals surface area contributed by atoms with Crippen LogP contribution in [0.5, 0.6) is 0 Å². The van der Waals surface area contributed by atoms with Crippen LogP contribution in [0.3, 0.4) is 0 Å². The Labute approximate surface area is 119 Å². The zero-order chi connectivity index (χ0) is 13.6. The molecule has 2 unspecified atom stereocenters. The van der Waals surface area contributed by atoms with Crippen LogP contribution in [-0.4, -0.2) is 30.4 Å². The minimum Gasteiger partial charge on any atom is -0.346 e. The fourth-order valence-corrected chi connectivity index (χ4v) is 1.47. The van der Waals surface area contributed by atoms with E-state index in [1.807, 2.05) is 11.9 Å². The number of rotatable bonds is 7. The van der Waals surface area contributed by atoms with Crippen molar-refractivity contribution in [2.24, 2.45) is 23.5 Å². The van der Waals surface area contributed by atoms with Gasteiger partial charge < -0.3 is 10.6 Å². The average Bonchev–Trinajstić information content (AvgIpc) is 2.24. The Kier molecular flexibility index (Phi) is 10.7. The predicted octanol–water partition coefficient (Wildman–Crippen LogP) is 2.92. The third-order valence-electron chi connectivity index (χ3n) is 3.71. The van der Waals surface area contributed by atoms with Gasteiger partial charge in [0.25, 0.3) is 0 Å². The summed E-state index contributed by atoms with van der Waals surface area (Å²) in [6.45, 7) is 11.5. The molecule has 0 rings (SSSR count). The largest absolute Gasteiger partial charge is 0.346 e. The second-order valence-corrected chi connectivity index (χ2v) is 5.94. The van der Waals surface area contributed by atoms with Gasteiger partial charge in [0.15, 0.2) is 0 Å². The first-order valence-corrected chi connectivity index (χ1v) is 6.75. The molecule has 0 radical (unpaired) electrons. The van der Waals surface area contributed by atoms with E-state index in [-0.39, 0.29) is 24.4 Å². The van der Waals surface area contributed by atoms with E-state index in [4.69, 9.17) is 5.73 Å². The van der Waals surface area contributed by atoms with Crippen LogP contribution in [0, 0.1) is 17.8 Å². The Bertz CT molecular complexity index is 232. The zero-order valence-electron chi connectivity index (χ0n) is 12.8. The second-order valence-electron chi connectivity index (χ2n) is 5.94. The molecule has 4 heteroatoms. The quantitative estimate of drug-likeness (QED) is 0.778. The number of amides is 1. The third kappa shape index (κ3) is 7.93. The maximum Gasteiger partial charge on any atom is 0.222 e. The zero-order valence-corrected chi connectivity index (χ0v) is 13.6. The molecule has 0 saturated carbocycles. The number of nitrogens with two attached hydrogens (primary N) is 1. The van der Waals surface area contributed by atoms with E-state index in [9.17, 15) is 4.79 Å². The first kappa shape index (κ1) is 20.0. The van der Waals surface area contributed by atoms with Gasteiger partial charge in [-0.1, -0.05) is 34.6 Å². The lowest BCUT2D eigenvalue weighted by atomic mass is 9.94. The van der Waals surface area contributed by atoms with Gasteiger partial charge in [-0.15, -0.1) is 12.4 Å². The van der Waals surface area contributed by atoms with Crippen LogP contribution >= 0.6 is 12.4 Å². The van der Waals surface area contributed by atoms with Gasteiger partial charge in [0, 0.05) is 26.1 Å². The molecule has 0 spiro atoms. The highest BCUT2D eigenvalue weighted by molar-refractivity contribution is 5.85. The van der Waals surface area contributed by atoms with Crippen molar-refractivity contribution in [2.45, 2.75) is 53.5 Å². The minimum atomic E-state index is 0. The number of halogens is 1. The van der Waals surface area contributed by atoms with Crippen molar-refractivity contribution in [2.75, 3.05) is 13.6 Å². The topological polar surface area (TPSA) is 46.3 Å². The molecular formula is C14H31ClN2O. The van der Waals surface area contributed by atoms with Gasteiger partial charge in [-0.3, -0.25) is 4.79 Å². The third-order valence-corrected chi connectivity index (χ3v) is 3.71. The van der Waals surface area contributed by atoms with Crippen molar-refractivity contribution in [3.8, 4) is 0 Å². The van der Waals surface area contributed by atoms with Gasteiger partial charge in [0.2, 0.25) is 5.91 Å². The summed E-state index contributed by atoms with van der Waals surface area (Å²) >= 11 is 0. The monoisotopic (exact) mass is 278 g/mol. The van der Waals surface area contributed by atoms with Crippen molar-refractivity contribution >= 4 is 18.3 Å². The van der Waals surface area contributed by atoms with Gasteiger partial charge in [-0.25, -0.2) is 0 Å². The van der Waals surface area contributed by atoms with Crippen LogP contribution in [0.2, 0.25) is 0 Å². The summed E-state index contributed by atoms with van der Waals surface area (Å²) in [6, 6.07) is 0.188. The van der Waals surface area contributed by atoms with Crippen molar-refractivity contribution in [3.05, 3.63) is 0 Å². The number of carbonyl (C=O) groups excluding carboxylic acids is 1. The molecule has 0 aromatic rings. The number of hydrogen-bond donors (Lipinski definition) is 1. The lowest BCUT2D eigenvalue weighted by Crippen LogP contribution is -2.35. The number of nitrogens with zero attached hydrogens (tertiary/aromatic N) is 1. The summed E-state index contributed by atoms with van der Waals surface area (Å²) in [5.74, 6) is 1.73. The van der Waals surface area contributed by atoms with Crippen LogP contribution in [0.25, 0.3) is 0 Å². The fraction of sp³-hybridized carbons (Fsp3) is 0.929. The summed E-state index contributed by atoms with van der Waals surface area (Å²) in [6.07, 6.45) is 1.53. The molecule has 3 nitrogen and oxygen atoms in total. The minimum absolute atomic E-state index is 0. The Hall–Kier alpha value is -0.280. The Morgan fingerprint density at radius 3 is 2.00 bits per heavy atom. The summed E-state index contributed by atoms with van der Waals surface area (Å²) < 4.78 is 0. The summed E-state index contributed by atoms with van der Waals surface area (Å²) in [5, 5.41) is 0. The van der Waals surface area contributed by atoms with Crippen LogP contribution in [0.4, 0.5) is 0 Å². The van der Waals surface area contributed by atoms with E-state index < -0.39 is 0 Å². The van der Waals surface area contributed by atoms with Gasteiger partial charge in [0.05, 0.1) is 0 Å². The first-order valence-electron chi connectivity index (χ1n) is 6.75. The molecule has 0 bridgehead atoms. The highest BCUT2D eigenvalue weighted by Gasteiger charge is 2.17. The average molecular weight is 279 g/mol. The molecular weight excluding hydrogens is 248 g/mol. The maximum atomic E-state index is 11.9. The standard InChI is InChI=1S/C14H30N2O.ClH/c1-10(2)12(5)9-14(17)16(6)8-7-13(15)11(3)4;/h10-13H,7-9,15H2,1-6H3;1H. The summed E-state index contributed by atoms with van der Waals surface area (Å²) in [7, 11) is 1.88. The van der Waals surface area contributed by atoms with Crippen LogP contribution in [-0.2, 0) is 4.79 Å². The molecule has 0 fully saturated rings. The number of carbonyl (C=O) groups is 1. The Balaban J connectivity index is 0. The smallest absolute Gasteiger partial charge is 0.222 e. The molecule has 0 heterocycles. The van der Waals surface area contributed by atoms with Gasteiger partial charge in [-0.05, 0) is 24.2 Å². The Morgan fingerprint density at radius 1 is 1.11 bits per heavy atom. The van der Waals surface area contributed by atoms with E-state index in [1.54, 1.807) is 0 Å². The molecule has 0 aliphatic carbocycles. The van der Waals surface area contributed by atoms with E-state index in [2.05, 4.69) is 34.6 Å². The molecule has 0 aromatic carbocycles. The second kappa shape index (κ2) is 9.62. The van der Waals surface area contributed by atoms with Crippen molar-refractivity contribution in [3.63, 3.8) is 0 Å². The molecule has 0 saturated heterocycles. The normalized spacial score (nSPS) is 14.3. The molecule has 2 N–H and O–H groups in total. The van der Waals surface area contributed by atoms with E-state index >= 15 is 0 Å². The van der Waals surface area contributed by atoms with E-state index in [0.29, 0.717) is 24.2 Å². The first-order chi connectivity index (χ1) is 7.75. The molecule has 1 amide bonds. The summed E-state index contributed by atoms with van der Waals surface area (Å²) in [5.41, 5.74) is 5.98. The molecule has 18 heavy (non-hydrogen) atoms. The molecule has 0 aliphatic rings.